The average molecular weight is 327 g/mol. The molecule has 1 fully saturated rings. The van der Waals surface area contributed by atoms with Gasteiger partial charge in [-0.2, -0.15) is 0 Å². The van der Waals surface area contributed by atoms with E-state index in [1.807, 2.05) is 12.4 Å². The van der Waals surface area contributed by atoms with Crippen molar-refractivity contribution in [1.29, 1.82) is 0 Å². The topological polar surface area (TPSA) is 63.9 Å². The smallest absolute Gasteiger partial charge is 0.253 e. The molecule has 6 nitrogen and oxygen atoms in total. The zero-order valence-electron chi connectivity index (χ0n) is 14.4. The summed E-state index contributed by atoms with van der Waals surface area (Å²) in [5.41, 5.74) is 2.09. The summed E-state index contributed by atoms with van der Waals surface area (Å²) < 4.78 is 1.76. The van der Waals surface area contributed by atoms with Crippen LogP contribution >= 0.6 is 0 Å². The number of piperidine rings is 1. The van der Waals surface area contributed by atoms with E-state index in [1.54, 1.807) is 23.3 Å². The second kappa shape index (κ2) is 7.66. The number of aromatic nitrogens is 4. The first kappa shape index (κ1) is 16.8. The third kappa shape index (κ3) is 4.26. The summed E-state index contributed by atoms with van der Waals surface area (Å²) in [7, 11) is 0. The van der Waals surface area contributed by atoms with Crippen LogP contribution in [0.4, 0.5) is 0 Å². The van der Waals surface area contributed by atoms with E-state index >= 15 is 0 Å². The molecule has 6 heteroatoms. The van der Waals surface area contributed by atoms with Crippen molar-refractivity contribution < 1.29 is 0 Å². The van der Waals surface area contributed by atoms with Crippen LogP contribution in [-0.2, 0) is 13.1 Å². The molecular weight excluding hydrogens is 302 g/mol. The van der Waals surface area contributed by atoms with Crippen molar-refractivity contribution in [2.24, 2.45) is 5.92 Å². The molecule has 0 atom stereocenters. The minimum absolute atomic E-state index is 0.0672. The Labute approximate surface area is 142 Å². The fraction of sp³-hybridized carbons (Fsp3) is 0.556. The fourth-order valence-corrected chi connectivity index (χ4v) is 3.17. The molecule has 0 bridgehead atoms. The van der Waals surface area contributed by atoms with Crippen molar-refractivity contribution in [3.05, 3.63) is 52.7 Å². The number of nitrogens with zero attached hydrogens (tertiary/aromatic N) is 5. The van der Waals surface area contributed by atoms with Gasteiger partial charge in [0.2, 0.25) is 0 Å². The normalized spacial score (nSPS) is 16.6. The molecule has 0 aliphatic carbocycles. The van der Waals surface area contributed by atoms with Gasteiger partial charge in [-0.05, 0) is 37.8 Å². The molecule has 1 aliphatic rings. The first-order chi connectivity index (χ1) is 11.6. The highest BCUT2D eigenvalue weighted by molar-refractivity contribution is 5.04. The van der Waals surface area contributed by atoms with E-state index < -0.39 is 0 Å². The van der Waals surface area contributed by atoms with E-state index in [9.17, 15) is 4.79 Å². The summed E-state index contributed by atoms with van der Waals surface area (Å²) in [4.78, 5) is 27.2. The largest absolute Gasteiger partial charge is 0.299 e. The number of hydrogen-bond donors (Lipinski definition) is 0. The lowest BCUT2D eigenvalue weighted by Gasteiger charge is -2.32. The Morgan fingerprint density at radius 2 is 1.92 bits per heavy atom. The first-order valence-corrected chi connectivity index (χ1v) is 8.64. The van der Waals surface area contributed by atoms with Crippen LogP contribution < -0.4 is 5.56 Å². The monoisotopic (exact) mass is 327 g/mol. The van der Waals surface area contributed by atoms with Crippen molar-refractivity contribution >= 4 is 0 Å². The van der Waals surface area contributed by atoms with E-state index in [1.165, 1.54) is 0 Å². The molecule has 128 valence electrons. The summed E-state index contributed by atoms with van der Waals surface area (Å²) in [5.74, 6) is 0.829. The Morgan fingerprint density at radius 3 is 2.54 bits per heavy atom. The minimum Gasteiger partial charge on any atom is -0.299 e. The van der Waals surface area contributed by atoms with Crippen LogP contribution in [0.2, 0.25) is 0 Å². The second-order valence-electron chi connectivity index (χ2n) is 6.93. The van der Waals surface area contributed by atoms with Crippen LogP contribution in [-0.4, -0.2) is 37.5 Å². The van der Waals surface area contributed by atoms with Crippen molar-refractivity contribution in [3.8, 4) is 0 Å². The molecular formula is C18H25N5O. The summed E-state index contributed by atoms with van der Waals surface area (Å²) >= 11 is 0. The predicted octanol–water partition coefficient (Wildman–Crippen LogP) is 2.07. The average Bonchev–Trinajstić information content (AvgIpc) is 2.59. The van der Waals surface area contributed by atoms with Gasteiger partial charge in [-0.15, -0.1) is 0 Å². The molecule has 1 aliphatic heterocycles. The second-order valence-corrected chi connectivity index (χ2v) is 6.93. The quantitative estimate of drug-likeness (QED) is 0.841. The minimum atomic E-state index is 0.0672. The van der Waals surface area contributed by atoms with Crippen molar-refractivity contribution in [2.45, 2.75) is 45.7 Å². The van der Waals surface area contributed by atoms with Gasteiger partial charge in [-0.3, -0.25) is 14.3 Å². The van der Waals surface area contributed by atoms with Crippen LogP contribution in [0.1, 0.15) is 43.9 Å². The zero-order valence-corrected chi connectivity index (χ0v) is 14.4. The van der Waals surface area contributed by atoms with Crippen LogP contribution in [0, 0.1) is 5.92 Å². The molecule has 0 spiro atoms. The van der Waals surface area contributed by atoms with E-state index in [4.69, 9.17) is 0 Å². The van der Waals surface area contributed by atoms with Crippen molar-refractivity contribution in [2.75, 3.05) is 13.1 Å². The van der Waals surface area contributed by atoms with Gasteiger partial charge >= 0.3 is 0 Å². The van der Waals surface area contributed by atoms with Crippen molar-refractivity contribution in [1.82, 2.24) is 24.4 Å². The molecule has 3 rings (SSSR count). The SMILES string of the molecule is CC(C)c1cc(=O)n(CC2CCN(Cc3cncnc3)CC2)cn1. The molecule has 2 aromatic rings. The Bertz CT molecular complexity index is 705. The van der Waals surface area contributed by atoms with Crippen LogP contribution in [0.25, 0.3) is 0 Å². The molecule has 0 aromatic carbocycles. The number of rotatable bonds is 5. The molecule has 2 aromatic heterocycles. The third-order valence-corrected chi connectivity index (χ3v) is 4.67. The summed E-state index contributed by atoms with van der Waals surface area (Å²) in [6, 6.07) is 1.68. The summed E-state index contributed by atoms with van der Waals surface area (Å²) in [5, 5.41) is 0. The maximum absolute atomic E-state index is 12.2. The standard InChI is InChI=1S/C18H25N5O/c1-14(2)17-7-18(24)23(13-21-17)11-15-3-5-22(6-4-15)10-16-8-19-12-20-9-16/h7-9,12-15H,3-6,10-11H2,1-2H3. The Balaban J connectivity index is 1.53. The lowest BCUT2D eigenvalue weighted by atomic mass is 9.96. The van der Waals surface area contributed by atoms with Gasteiger partial charge in [0.15, 0.2) is 0 Å². The van der Waals surface area contributed by atoms with E-state index in [0.717, 1.165) is 50.3 Å². The Hall–Kier alpha value is -2.08. The number of likely N-dealkylation sites (tertiary alicyclic amines) is 1. The van der Waals surface area contributed by atoms with E-state index in [2.05, 4.69) is 33.7 Å². The van der Waals surface area contributed by atoms with E-state index in [-0.39, 0.29) is 11.5 Å². The molecule has 0 N–H and O–H groups in total. The molecule has 24 heavy (non-hydrogen) atoms. The highest BCUT2D eigenvalue weighted by atomic mass is 16.1. The lowest BCUT2D eigenvalue weighted by Crippen LogP contribution is -2.36. The first-order valence-electron chi connectivity index (χ1n) is 8.64. The van der Waals surface area contributed by atoms with Gasteiger partial charge in [-0.1, -0.05) is 13.8 Å². The van der Waals surface area contributed by atoms with Crippen molar-refractivity contribution in [3.63, 3.8) is 0 Å². The highest BCUT2D eigenvalue weighted by Crippen LogP contribution is 2.20. The van der Waals surface area contributed by atoms with Crippen LogP contribution in [0.15, 0.2) is 35.9 Å². The van der Waals surface area contributed by atoms with Gasteiger partial charge in [0.1, 0.15) is 6.33 Å². The zero-order chi connectivity index (χ0) is 16.9. The van der Waals surface area contributed by atoms with Gasteiger partial charge in [0.05, 0.1) is 12.0 Å². The molecule has 1 saturated heterocycles. The van der Waals surface area contributed by atoms with Gasteiger partial charge in [-0.25, -0.2) is 15.0 Å². The molecule has 0 amide bonds. The molecule has 0 saturated carbocycles. The highest BCUT2D eigenvalue weighted by Gasteiger charge is 2.20. The van der Waals surface area contributed by atoms with Crippen LogP contribution in [0.5, 0.6) is 0 Å². The van der Waals surface area contributed by atoms with Gasteiger partial charge < -0.3 is 0 Å². The Kier molecular flexibility index (Phi) is 5.35. The molecule has 0 radical (unpaired) electrons. The molecule has 3 heterocycles. The van der Waals surface area contributed by atoms with Crippen LogP contribution in [0.3, 0.4) is 0 Å². The third-order valence-electron chi connectivity index (χ3n) is 4.67. The lowest BCUT2D eigenvalue weighted by molar-refractivity contribution is 0.166. The van der Waals surface area contributed by atoms with Gasteiger partial charge in [0.25, 0.3) is 5.56 Å². The molecule has 0 unspecified atom stereocenters. The maximum Gasteiger partial charge on any atom is 0.253 e. The number of hydrogen-bond acceptors (Lipinski definition) is 5. The predicted molar refractivity (Wildman–Crippen MR) is 92.6 cm³/mol. The maximum atomic E-state index is 12.2. The fourth-order valence-electron chi connectivity index (χ4n) is 3.17. The van der Waals surface area contributed by atoms with E-state index in [0.29, 0.717) is 5.92 Å². The Morgan fingerprint density at radius 1 is 1.21 bits per heavy atom. The summed E-state index contributed by atoms with van der Waals surface area (Å²) in [6.07, 6.45) is 9.23. The summed E-state index contributed by atoms with van der Waals surface area (Å²) in [6.45, 7) is 7.88. The van der Waals surface area contributed by atoms with Gasteiger partial charge in [0, 0.05) is 37.1 Å².